The molecule has 2 heteroatoms. The number of benzene rings is 1. The lowest BCUT2D eigenvalue weighted by Gasteiger charge is -2.27. The average molecular weight is 257 g/mol. The first kappa shape index (κ1) is 10.2. The summed E-state index contributed by atoms with van der Waals surface area (Å²) in [4.78, 5) is 0.571. The van der Waals surface area contributed by atoms with Crippen molar-refractivity contribution in [3.05, 3.63) is 35.6 Å². The fourth-order valence-corrected chi connectivity index (χ4v) is 3.06. The second kappa shape index (κ2) is 4.43. The zero-order valence-corrected chi connectivity index (χ0v) is 9.63. The summed E-state index contributed by atoms with van der Waals surface area (Å²) in [5, 5.41) is 0. The van der Waals surface area contributed by atoms with Crippen LogP contribution in [-0.2, 0) is 0 Å². The van der Waals surface area contributed by atoms with Crippen LogP contribution >= 0.6 is 15.9 Å². The number of alkyl halides is 1. The Hall–Kier alpha value is -0.370. The maximum absolute atomic E-state index is 12.7. The van der Waals surface area contributed by atoms with Gasteiger partial charge in [0.25, 0.3) is 0 Å². The van der Waals surface area contributed by atoms with Crippen molar-refractivity contribution in [3.8, 4) is 0 Å². The molecule has 1 aromatic carbocycles. The number of rotatable bonds is 1. The SMILES string of the molecule is Fc1ccc(C2CCCCC2Br)cc1. The molecule has 1 aliphatic carbocycles. The summed E-state index contributed by atoms with van der Waals surface area (Å²) in [5.74, 6) is 0.431. The van der Waals surface area contributed by atoms with Crippen molar-refractivity contribution in [2.75, 3.05) is 0 Å². The summed E-state index contributed by atoms with van der Waals surface area (Å²) in [6, 6.07) is 6.95. The smallest absolute Gasteiger partial charge is 0.123 e. The summed E-state index contributed by atoms with van der Waals surface area (Å²) in [6.07, 6.45) is 5.07. The maximum Gasteiger partial charge on any atom is 0.123 e. The Balaban J connectivity index is 2.16. The number of hydrogen-bond donors (Lipinski definition) is 0. The molecule has 0 saturated heterocycles. The fraction of sp³-hybridized carbons (Fsp3) is 0.500. The molecule has 2 atom stereocenters. The van der Waals surface area contributed by atoms with Crippen molar-refractivity contribution in [3.63, 3.8) is 0 Å². The van der Waals surface area contributed by atoms with E-state index in [9.17, 15) is 4.39 Å². The van der Waals surface area contributed by atoms with Crippen LogP contribution in [0.25, 0.3) is 0 Å². The van der Waals surface area contributed by atoms with Gasteiger partial charge in [-0.1, -0.05) is 40.9 Å². The van der Waals surface area contributed by atoms with Gasteiger partial charge in [-0.25, -0.2) is 4.39 Å². The minimum Gasteiger partial charge on any atom is -0.207 e. The molecule has 0 heterocycles. The average Bonchev–Trinajstić information content (AvgIpc) is 2.20. The van der Waals surface area contributed by atoms with Crippen LogP contribution < -0.4 is 0 Å². The van der Waals surface area contributed by atoms with E-state index < -0.39 is 0 Å². The molecule has 0 nitrogen and oxygen atoms in total. The number of hydrogen-bond acceptors (Lipinski definition) is 0. The Bertz CT molecular complexity index is 294. The van der Waals surface area contributed by atoms with Gasteiger partial charge in [0.2, 0.25) is 0 Å². The molecule has 2 unspecified atom stereocenters. The zero-order valence-electron chi connectivity index (χ0n) is 8.05. The summed E-state index contributed by atoms with van der Waals surface area (Å²) >= 11 is 3.72. The molecule has 1 fully saturated rings. The summed E-state index contributed by atoms with van der Waals surface area (Å²) in [6.45, 7) is 0. The van der Waals surface area contributed by atoms with Gasteiger partial charge in [-0.2, -0.15) is 0 Å². The van der Waals surface area contributed by atoms with Gasteiger partial charge in [-0.15, -0.1) is 0 Å². The quantitative estimate of drug-likeness (QED) is 0.660. The van der Waals surface area contributed by atoms with Gasteiger partial charge in [0, 0.05) is 4.83 Å². The molecule has 0 radical (unpaired) electrons. The van der Waals surface area contributed by atoms with Crippen molar-refractivity contribution in [1.82, 2.24) is 0 Å². The molecule has 0 amide bonds. The Kier molecular flexibility index (Phi) is 3.22. The summed E-state index contributed by atoms with van der Waals surface area (Å²) in [5.41, 5.74) is 1.27. The van der Waals surface area contributed by atoms with Crippen LogP contribution in [0.3, 0.4) is 0 Å². The van der Waals surface area contributed by atoms with Crippen LogP contribution in [0.15, 0.2) is 24.3 Å². The largest absolute Gasteiger partial charge is 0.207 e. The molecule has 1 aromatic rings. The van der Waals surface area contributed by atoms with Crippen LogP contribution in [0.5, 0.6) is 0 Å². The van der Waals surface area contributed by atoms with Crippen LogP contribution in [0.2, 0.25) is 0 Å². The molecule has 0 aromatic heterocycles. The molecule has 0 bridgehead atoms. The van der Waals surface area contributed by atoms with Gasteiger partial charge < -0.3 is 0 Å². The third-order valence-electron chi connectivity index (χ3n) is 2.98. The molecule has 14 heavy (non-hydrogen) atoms. The van der Waals surface area contributed by atoms with Gasteiger partial charge in [0.1, 0.15) is 5.82 Å². The molecular weight excluding hydrogens is 243 g/mol. The maximum atomic E-state index is 12.7. The third-order valence-corrected chi connectivity index (χ3v) is 4.08. The second-order valence-corrected chi connectivity index (χ2v) is 5.13. The van der Waals surface area contributed by atoms with E-state index in [2.05, 4.69) is 15.9 Å². The lowest BCUT2D eigenvalue weighted by molar-refractivity contribution is 0.460. The minimum absolute atomic E-state index is 0.143. The first-order chi connectivity index (χ1) is 6.77. The molecule has 2 rings (SSSR count). The number of halogens is 2. The van der Waals surface area contributed by atoms with Crippen molar-refractivity contribution in [1.29, 1.82) is 0 Å². The highest BCUT2D eigenvalue weighted by Gasteiger charge is 2.23. The van der Waals surface area contributed by atoms with Crippen molar-refractivity contribution in [2.24, 2.45) is 0 Å². The molecule has 1 saturated carbocycles. The lowest BCUT2D eigenvalue weighted by atomic mass is 9.84. The van der Waals surface area contributed by atoms with E-state index >= 15 is 0 Å². The summed E-state index contributed by atoms with van der Waals surface area (Å²) < 4.78 is 12.7. The van der Waals surface area contributed by atoms with E-state index in [0.717, 1.165) is 0 Å². The molecule has 76 valence electrons. The zero-order chi connectivity index (χ0) is 9.97. The van der Waals surface area contributed by atoms with E-state index in [1.165, 1.54) is 31.2 Å². The topological polar surface area (TPSA) is 0 Å². The van der Waals surface area contributed by atoms with Gasteiger partial charge in [-0.3, -0.25) is 0 Å². The highest BCUT2D eigenvalue weighted by Crippen LogP contribution is 2.37. The van der Waals surface area contributed by atoms with Crippen LogP contribution in [0, 0.1) is 5.82 Å². The van der Waals surface area contributed by atoms with Gasteiger partial charge in [-0.05, 0) is 36.5 Å². The van der Waals surface area contributed by atoms with Crippen molar-refractivity contribution >= 4 is 15.9 Å². The first-order valence-electron chi connectivity index (χ1n) is 5.17. The van der Waals surface area contributed by atoms with Gasteiger partial charge in [0.05, 0.1) is 0 Å². The van der Waals surface area contributed by atoms with E-state index in [0.29, 0.717) is 10.7 Å². The third kappa shape index (κ3) is 2.17. The van der Waals surface area contributed by atoms with Crippen molar-refractivity contribution < 1.29 is 4.39 Å². The summed E-state index contributed by atoms with van der Waals surface area (Å²) in [7, 11) is 0. The van der Waals surface area contributed by atoms with Crippen molar-refractivity contribution in [2.45, 2.75) is 36.4 Å². The van der Waals surface area contributed by atoms with Crippen LogP contribution in [-0.4, -0.2) is 4.83 Å². The second-order valence-electron chi connectivity index (χ2n) is 3.96. The normalized spacial score (nSPS) is 27.6. The monoisotopic (exact) mass is 256 g/mol. The Labute approximate surface area is 92.6 Å². The van der Waals surface area contributed by atoms with Crippen LogP contribution in [0.4, 0.5) is 4.39 Å². The minimum atomic E-state index is -0.143. The lowest BCUT2D eigenvalue weighted by Crippen LogP contribution is -2.17. The van der Waals surface area contributed by atoms with Gasteiger partial charge in [0.15, 0.2) is 0 Å². The molecule has 0 N–H and O–H groups in total. The van der Waals surface area contributed by atoms with E-state index in [1.807, 2.05) is 12.1 Å². The standard InChI is InChI=1S/C12H14BrF/c13-12-4-2-1-3-11(12)9-5-7-10(14)8-6-9/h5-8,11-12H,1-4H2. The Morgan fingerprint density at radius 1 is 1.07 bits per heavy atom. The Morgan fingerprint density at radius 2 is 1.71 bits per heavy atom. The first-order valence-corrected chi connectivity index (χ1v) is 6.08. The molecule has 1 aliphatic rings. The molecule has 0 aliphatic heterocycles. The van der Waals surface area contributed by atoms with E-state index in [-0.39, 0.29) is 5.82 Å². The highest BCUT2D eigenvalue weighted by molar-refractivity contribution is 9.09. The highest BCUT2D eigenvalue weighted by atomic mass is 79.9. The molecule has 0 spiro atoms. The van der Waals surface area contributed by atoms with Crippen LogP contribution in [0.1, 0.15) is 37.2 Å². The predicted octanol–water partition coefficient (Wildman–Crippen LogP) is 4.25. The molecular formula is C12H14BrF. The Morgan fingerprint density at radius 3 is 2.36 bits per heavy atom. The predicted molar refractivity (Wildman–Crippen MR) is 60.3 cm³/mol. The van der Waals surface area contributed by atoms with E-state index in [4.69, 9.17) is 0 Å². The fourth-order valence-electron chi connectivity index (χ4n) is 2.17. The van der Waals surface area contributed by atoms with E-state index in [1.54, 1.807) is 12.1 Å². The van der Waals surface area contributed by atoms with Gasteiger partial charge >= 0.3 is 0 Å².